The summed E-state index contributed by atoms with van der Waals surface area (Å²) in [5.41, 5.74) is 0.751. The average molecular weight is 322 g/mol. The predicted octanol–water partition coefficient (Wildman–Crippen LogP) is 4.66. The van der Waals surface area contributed by atoms with Crippen LogP contribution in [0.3, 0.4) is 0 Å². The predicted molar refractivity (Wildman–Crippen MR) is 76.3 cm³/mol. The van der Waals surface area contributed by atoms with E-state index < -0.39 is 0 Å². The third-order valence-corrected chi connectivity index (χ3v) is 3.92. The molecule has 7 heteroatoms. The lowest BCUT2D eigenvalue weighted by Crippen LogP contribution is -2.12. The fraction of sp³-hybridized carbons (Fsp3) is 0.0909. The number of aryl methyl sites for hydroxylation is 1. The summed E-state index contributed by atoms with van der Waals surface area (Å²) in [6.07, 6.45) is 0. The molecule has 18 heavy (non-hydrogen) atoms. The van der Waals surface area contributed by atoms with Crippen LogP contribution in [0.4, 0.5) is 5.69 Å². The van der Waals surface area contributed by atoms with E-state index in [1.54, 1.807) is 5.38 Å². The van der Waals surface area contributed by atoms with E-state index in [0.717, 1.165) is 5.01 Å². The van der Waals surface area contributed by atoms with Gasteiger partial charge in [0, 0.05) is 5.38 Å². The number of hydrogen-bond acceptors (Lipinski definition) is 3. The fourth-order valence-corrected chi connectivity index (χ4v) is 2.46. The largest absolute Gasteiger partial charge is 0.319 e. The lowest BCUT2D eigenvalue weighted by Gasteiger charge is -2.07. The monoisotopic (exact) mass is 320 g/mol. The van der Waals surface area contributed by atoms with E-state index in [1.807, 2.05) is 6.92 Å². The van der Waals surface area contributed by atoms with Crippen molar-refractivity contribution in [2.45, 2.75) is 6.92 Å². The summed E-state index contributed by atoms with van der Waals surface area (Å²) < 4.78 is 0. The number of carbonyl (C=O) groups is 1. The number of rotatable bonds is 2. The Bertz CT molecular complexity index is 612. The van der Waals surface area contributed by atoms with Crippen molar-refractivity contribution in [3.05, 3.63) is 43.3 Å². The van der Waals surface area contributed by atoms with Gasteiger partial charge in [0.05, 0.1) is 25.8 Å². The summed E-state index contributed by atoms with van der Waals surface area (Å²) in [6.45, 7) is 1.83. The molecule has 0 aliphatic rings. The highest BCUT2D eigenvalue weighted by Gasteiger charge is 2.13. The first-order valence-corrected chi connectivity index (χ1v) is 6.87. The van der Waals surface area contributed by atoms with Crippen molar-refractivity contribution in [2.75, 3.05) is 5.32 Å². The zero-order valence-electron chi connectivity index (χ0n) is 9.13. The Hall–Kier alpha value is -0.810. The number of anilines is 1. The maximum atomic E-state index is 11.9. The number of thiazole rings is 1. The Kier molecular flexibility index (Phi) is 4.12. The molecule has 0 spiro atoms. The first kappa shape index (κ1) is 13.6. The number of carbonyl (C=O) groups excluding carboxylic acids is 1. The van der Waals surface area contributed by atoms with Gasteiger partial charge in [0.15, 0.2) is 0 Å². The molecule has 1 heterocycles. The highest BCUT2D eigenvalue weighted by Crippen LogP contribution is 2.32. The van der Waals surface area contributed by atoms with Crippen LogP contribution in [-0.2, 0) is 0 Å². The first-order valence-electron chi connectivity index (χ1n) is 4.85. The summed E-state index contributed by atoms with van der Waals surface area (Å²) in [4.78, 5) is 16.0. The van der Waals surface area contributed by atoms with Crippen molar-refractivity contribution >= 4 is 57.7 Å². The van der Waals surface area contributed by atoms with Gasteiger partial charge in [0.1, 0.15) is 5.69 Å². The van der Waals surface area contributed by atoms with Gasteiger partial charge in [-0.2, -0.15) is 0 Å². The molecule has 0 aliphatic heterocycles. The van der Waals surface area contributed by atoms with Crippen LogP contribution in [0, 0.1) is 6.92 Å². The number of aromatic nitrogens is 1. The molecule has 1 N–H and O–H groups in total. The lowest BCUT2D eigenvalue weighted by molar-refractivity contribution is 0.102. The number of hydrogen-bond donors (Lipinski definition) is 1. The number of halogens is 3. The highest BCUT2D eigenvalue weighted by molar-refractivity contribution is 7.09. The smallest absolute Gasteiger partial charge is 0.275 e. The average Bonchev–Trinajstić information content (AvgIpc) is 2.73. The Balaban J connectivity index is 2.24. The van der Waals surface area contributed by atoms with Crippen molar-refractivity contribution in [1.29, 1.82) is 0 Å². The Morgan fingerprint density at radius 2 is 1.89 bits per heavy atom. The maximum Gasteiger partial charge on any atom is 0.275 e. The van der Waals surface area contributed by atoms with E-state index in [0.29, 0.717) is 26.4 Å². The van der Waals surface area contributed by atoms with E-state index >= 15 is 0 Å². The van der Waals surface area contributed by atoms with E-state index in [1.165, 1.54) is 23.5 Å². The van der Waals surface area contributed by atoms with Crippen molar-refractivity contribution in [3.8, 4) is 0 Å². The molecule has 0 saturated heterocycles. The van der Waals surface area contributed by atoms with Crippen molar-refractivity contribution in [3.63, 3.8) is 0 Å². The molecule has 1 amide bonds. The van der Waals surface area contributed by atoms with Gasteiger partial charge < -0.3 is 5.32 Å². The standard InChI is InChI=1S/C11H7Cl3N2OS/c1-5-15-10(4-18-5)11(17)16-9-3-7(13)6(12)2-8(9)14/h2-4H,1H3,(H,16,17). The minimum Gasteiger partial charge on any atom is -0.319 e. The molecule has 2 aromatic rings. The quantitative estimate of drug-likeness (QED) is 0.817. The molecule has 94 valence electrons. The van der Waals surface area contributed by atoms with Crippen LogP contribution < -0.4 is 5.32 Å². The SMILES string of the molecule is Cc1nc(C(=O)Nc2cc(Cl)c(Cl)cc2Cl)cs1. The van der Waals surface area contributed by atoms with Crippen molar-refractivity contribution in [2.24, 2.45) is 0 Å². The molecule has 2 rings (SSSR count). The fourth-order valence-electron chi connectivity index (χ4n) is 1.27. The third kappa shape index (κ3) is 2.95. The molecule has 0 atom stereocenters. The Morgan fingerprint density at radius 3 is 2.50 bits per heavy atom. The summed E-state index contributed by atoms with van der Waals surface area (Å²) in [5, 5.41) is 6.12. The first-order chi connectivity index (χ1) is 8.47. The van der Waals surface area contributed by atoms with Crippen LogP contribution in [0.5, 0.6) is 0 Å². The van der Waals surface area contributed by atoms with Crippen LogP contribution in [-0.4, -0.2) is 10.9 Å². The van der Waals surface area contributed by atoms with Crippen LogP contribution in [0.25, 0.3) is 0 Å². The molecule has 0 unspecified atom stereocenters. The van der Waals surface area contributed by atoms with Crippen LogP contribution in [0.2, 0.25) is 15.1 Å². The van der Waals surface area contributed by atoms with Gasteiger partial charge >= 0.3 is 0 Å². The summed E-state index contributed by atoms with van der Waals surface area (Å²) in [6, 6.07) is 2.98. The van der Waals surface area contributed by atoms with E-state index in [4.69, 9.17) is 34.8 Å². The van der Waals surface area contributed by atoms with Crippen molar-refractivity contribution in [1.82, 2.24) is 4.98 Å². The number of benzene rings is 1. The summed E-state index contributed by atoms with van der Waals surface area (Å²) in [5.74, 6) is -0.334. The molecular weight excluding hydrogens is 315 g/mol. The zero-order chi connectivity index (χ0) is 13.3. The second-order valence-corrected chi connectivity index (χ2v) is 5.74. The third-order valence-electron chi connectivity index (χ3n) is 2.11. The van der Waals surface area contributed by atoms with Gasteiger partial charge in [-0.3, -0.25) is 4.79 Å². The minimum atomic E-state index is -0.334. The van der Waals surface area contributed by atoms with Crippen LogP contribution in [0.15, 0.2) is 17.5 Å². The maximum absolute atomic E-state index is 11.9. The normalized spacial score (nSPS) is 10.4. The molecule has 0 fully saturated rings. The zero-order valence-corrected chi connectivity index (χ0v) is 12.2. The molecule has 0 aliphatic carbocycles. The minimum absolute atomic E-state index is 0.324. The number of amides is 1. The topological polar surface area (TPSA) is 42.0 Å². The molecular formula is C11H7Cl3N2OS. The van der Waals surface area contributed by atoms with Crippen molar-refractivity contribution < 1.29 is 4.79 Å². The van der Waals surface area contributed by atoms with Gasteiger partial charge in [-0.05, 0) is 19.1 Å². The van der Waals surface area contributed by atoms with E-state index in [-0.39, 0.29) is 5.91 Å². The van der Waals surface area contributed by atoms with Gasteiger partial charge in [0.25, 0.3) is 5.91 Å². The summed E-state index contributed by atoms with van der Waals surface area (Å²) >= 11 is 19.0. The Labute approximate surface area is 123 Å². The van der Waals surface area contributed by atoms with Crippen LogP contribution >= 0.6 is 46.1 Å². The number of nitrogens with one attached hydrogen (secondary N) is 1. The highest BCUT2D eigenvalue weighted by atomic mass is 35.5. The lowest BCUT2D eigenvalue weighted by atomic mass is 10.3. The summed E-state index contributed by atoms with van der Waals surface area (Å²) in [7, 11) is 0. The van der Waals surface area contributed by atoms with E-state index in [9.17, 15) is 4.79 Å². The number of nitrogens with zero attached hydrogens (tertiary/aromatic N) is 1. The van der Waals surface area contributed by atoms with Gasteiger partial charge in [-0.25, -0.2) is 4.98 Å². The molecule has 0 bridgehead atoms. The molecule has 0 radical (unpaired) electrons. The molecule has 0 saturated carbocycles. The molecule has 1 aromatic carbocycles. The van der Waals surface area contributed by atoms with E-state index in [2.05, 4.69) is 10.3 Å². The van der Waals surface area contributed by atoms with Crippen LogP contribution in [0.1, 0.15) is 15.5 Å². The van der Waals surface area contributed by atoms with Gasteiger partial charge in [0.2, 0.25) is 0 Å². The van der Waals surface area contributed by atoms with Gasteiger partial charge in [-0.15, -0.1) is 11.3 Å². The molecule has 3 nitrogen and oxygen atoms in total. The molecule has 1 aromatic heterocycles. The second-order valence-electron chi connectivity index (χ2n) is 3.45. The van der Waals surface area contributed by atoms with Gasteiger partial charge in [-0.1, -0.05) is 34.8 Å². The Morgan fingerprint density at radius 1 is 1.22 bits per heavy atom. The second kappa shape index (κ2) is 5.45.